The predicted molar refractivity (Wildman–Crippen MR) is 74.6 cm³/mol. The monoisotopic (exact) mass is 246 g/mol. The van der Waals surface area contributed by atoms with Crippen LogP contribution in [0.5, 0.6) is 0 Å². The van der Waals surface area contributed by atoms with Crippen LogP contribution in [0.2, 0.25) is 0 Å². The van der Waals surface area contributed by atoms with E-state index in [1.54, 1.807) is 0 Å². The molecule has 1 aromatic carbocycles. The zero-order valence-corrected chi connectivity index (χ0v) is 11.3. The zero-order valence-electron chi connectivity index (χ0n) is 11.3. The summed E-state index contributed by atoms with van der Waals surface area (Å²) in [5.41, 5.74) is 2.03. The standard InChI is InChI=1S/C15H22N2O/c1-12-6-5-9-17(10-12)11-15(18)16-14-8-4-3-7-13(14)2/h3-4,7-8,12H,5-6,9-11H2,1-2H3,(H,16,18)/t12-/m0/s1. The molecule has 0 spiro atoms. The lowest BCUT2D eigenvalue weighted by atomic mass is 10.0. The lowest BCUT2D eigenvalue weighted by Gasteiger charge is -2.30. The Morgan fingerprint density at radius 3 is 2.94 bits per heavy atom. The van der Waals surface area contributed by atoms with Crippen molar-refractivity contribution in [2.24, 2.45) is 5.92 Å². The van der Waals surface area contributed by atoms with Crippen molar-refractivity contribution in [1.82, 2.24) is 4.90 Å². The van der Waals surface area contributed by atoms with Crippen LogP contribution < -0.4 is 5.32 Å². The van der Waals surface area contributed by atoms with E-state index in [4.69, 9.17) is 0 Å². The second kappa shape index (κ2) is 6.01. The van der Waals surface area contributed by atoms with Crippen LogP contribution in [-0.2, 0) is 4.79 Å². The van der Waals surface area contributed by atoms with Gasteiger partial charge in [-0.15, -0.1) is 0 Å². The molecule has 1 aliphatic heterocycles. The molecule has 1 heterocycles. The number of carbonyl (C=O) groups is 1. The molecule has 1 aromatic rings. The number of aryl methyl sites for hydroxylation is 1. The fourth-order valence-electron chi connectivity index (χ4n) is 2.54. The number of rotatable bonds is 3. The minimum atomic E-state index is 0.0957. The number of carbonyl (C=O) groups excluding carboxylic acids is 1. The van der Waals surface area contributed by atoms with Gasteiger partial charge < -0.3 is 5.32 Å². The van der Waals surface area contributed by atoms with Crippen molar-refractivity contribution < 1.29 is 4.79 Å². The molecule has 0 radical (unpaired) electrons. The van der Waals surface area contributed by atoms with Crippen molar-refractivity contribution in [2.75, 3.05) is 25.0 Å². The summed E-state index contributed by atoms with van der Waals surface area (Å²) in [5, 5.41) is 2.99. The highest BCUT2D eigenvalue weighted by Gasteiger charge is 2.18. The summed E-state index contributed by atoms with van der Waals surface area (Å²) < 4.78 is 0. The van der Waals surface area contributed by atoms with Gasteiger partial charge in [0, 0.05) is 12.2 Å². The minimum Gasteiger partial charge on any atom is -0.325 e. The van der Waals surface area contributed by atoms with Crippen molar-refractivity contribution in [3.8, 4) is 0 Å². The maximum Gasteiger partial charge on any atom is 0.238 e. The molecular weight excluding hydrogens is 224 g/mol. The Hall–Kier alpha value is -1.35. The van der Waals surface area contributed by atoms with E-state index >= 15 is 0 Å². The molecule has 1 amide bonds. The second-order valence-electron chi connectivity index (χ2n) is 5.35. The summed E-state index contributed by atoms with van der Waals surface area (Å²) in [7, 11) is 0. The number of nitrogens with one attached hydrogen (secondary N) is 1. The van der Waals surface area contributed by atoms with Crippen LogP contribution in [0.1, 0.15) is 25.3 Å². The van der Waals surface area contributed by atoms with Crippen molar-refractivity contribution >= 4 is 11.6 Å². The molecule has 1 N–H and O–H groups in total. The largest absolute Gasteiger partial charge is 0.325 e. The molecule has 0 bridgehead atoms. The molecule has 18 heavy (non-hydrogen) atoms. The molecule has 0 aromatic heterocycles. The topological polar surface area (TPSA) is 32.3 Å². The summed E-state index contributed by atoms with van der Waals surface area (Å²) in [4.78, 5) is 14.2. The number of para-hydroxylation sites is 1. The van der Waals surface area contributed by atoms with Crippen molar-refractivity contribution in [3.63, 3.8) is 0 Å². The molecule has 1 saturated heterocycles. The second-order valence-corrected chi connectivity index (χ2v) is 5.35. The molecule has 0 aliphatic carbocycles. The molecular formula is C15H22N2O. The number of amides is 1. The van der Waals surface area contributed by atoms with E-state index in [1.807, 2.05) is 31.2 Å². The fourth-order valence-corrected chi connectivity index (χ4v) is 2.54. The van der Waals surface area contributed by atoms with Crippen LogP contribution in [0.25, 0.3) is 0 Å². The first-order valence-electron chi connectivity index (χ1n) is 6.73. The minimum absolute atomic E-state index is 0.0957. The van der Waals surface area contributed by atoms with Crippen LogP contribution in [0.15, 0.2) is 24.3 Å². The third kappa shape index (κ3) is 3.57. The molecule has 0 saturated carbocycles. The van der Waals surface area contributed by atoms with E-state index in [-0.39, 0.29) is 5.91 Å². The maximum absolute atomic E-state index is 12.0. The van der Waals surface area contributed by atoms with Crippen LogP contribution in [0.4, 0.5) is 5.69 Å². The number of likely N-dealkylation sites (tertiary alicyclic amines) is 1. The molecule has 1 atom stereocenters. The fraction of sp³-hybridized carbons (Fsp3) is 0.533. The highest BCUT2D eigenvalue weighted by Crippen LogP contribution is 2.16. The van der Waals surface area contributed by atoms with Crippen molar-refractivity contribution in [2.45, 2.75) is 26.7 Å². The normalized spacial score (nSPS) is 20.7. The van der Waals surface area contributed by atoms with Gasteiger partial charge in [-0.1, -0.05) is 25.1 Å². The van der Waals surface area contributed by atoms with E-state index in [2.05, 4.69) is 17.1 Å². The smallest absolute Gasteiger partial charge is 0.238 e. The van der Waals surface area contributed by atoms with E-state index in [0.29, 0.717) is 12.5 Å². The maximum atomic E-state index is 12.0. The van der Waals surface area contributed by atoms with Crippen molar-refractivity contribution in [1.29, 1.82) is 0 Å². The van der Waals surface area contributed by atoms with Crippen LogP contribution in [0.3, 0.4) is 0 Å². The van der Waals surface area contributed by atoms with Crippen LogP contribution in [0, 0.1) is 12.8 Å². The lowest BCUT2D eigenvalue weighted by molar-refractivity contribution is -0.117. The Kier molecular flexibility index (Phi) is 4.37. The number of anilines is 1. The van der Waals surface area contributed by atoms with E-state index in [0.717, 1.165) is 24.3 Å². The van der Waals surface area contributed by atoms with E-state index in [1.165, 1.54) is 12.8 Å². The Bertz CT molecular complexity index is 417. The molecule has 3 nitrogen and oxygen atoms in total. The van der Waals surface area contributed by atoms with Gasteiger partial charge >= 0.3 is 0 Å². The Morgan fingerprint density at radius 1 is 1.44 bits per heavy atom. The number of piperidine rings is 1. The average molecular weight is 246 g/mol. The van der Waals surface area contributed by atoms with Gasteiger partial charge in [-0.25, -0.2) is 0 Å². The first-order valence-corrected chi connectivity index (χ1v) is 6.73. The Labute approximate surface area is 109 Å². The summed E-state index contributed by atoms with van der Waals surface area (Å²) in [6.07, 6.45) is 2.49. The molecule has 2 rings (SSSR count). The molecule has 1 fully saturated rings. The SMILES string of the molecule is Cc1ccccc1NC(=O)CN1CCC[C@H](C)C1. The van der Waals surface area contributed by atoms with Gasteiger partial charge in [0.05, 0.1) is 6.54 Å². The summed E-state index contributed by atoms with van der Waals surface area (Å²) in [6.45, 7) is 6.87. The number of nitrogens with zero attached hydrogens (tertiary/aromatic N) is 1. The number of benzene rings is 1. The predicted octanol–water partition coefficient (Wildman–Crippen LogP) is 2.67. The van der Waals surface area contributed by atoms with Crippen LogP contribution >= 0.6 is 0 Å². The zero-order chi connectivity index (χ0) is 13.0. The third-order valence-corrected chi connectivity index (χ3v) is 3.53. The molecule has 98 valence electrons. The van der Waals surface area contributed by atoms with Gasteiger partial charge in [0.15, 0.2) is 0 Å². The third-order valence-electron chi connectivity index (χ3n) is 3.53. The molecule has 0 unspecified atom stereocenters. The van der Waals surface area contributed by atoms with E-state index < -0.39 is 0 Å². The first-order chi connectivity index (χ1) is 8.65. The van der Waals surface area contributed by atoms with Crippen LogP contribution in [-0.4, -0.2) is 30.4 Å². The number of hydrogen-bond acceptors (Lipinski definition) is 2. The van der Waals surface area contributed by atoms with Gasteiger partial charge in [-0.3, -0.25) is 9.69 Å². The molecule has 1 aliphatic rings. The number of hydrogen-bond donors (Lipinski definition) is 1. The van der Waals surface area contributed by atoms with Gasteiger partial charge in [0.2, 0.25) is 5.91 Å². The lowest BCUT2D eigenvalue weighted by Crippen LogP contribution is -2.39. The van der Waals surface area contributed by atoms with E-state index in [9.17, 15) is 4.79 Å². The van der Waals surface area contributed by atoms with Gasteiger partial charge in [-0.2, -0.15) is 0 Å². The van der Waals surface area contributed by atoms with Gasteiger partial charge in [0.1, 0.15) is 0 Å². The quantitative estimate of drug-likeness (QED) is 0.889. The summed E-state index contributed by atoms with van der Waals surface area (Å²) in [5.74, 6) is 0.809. The first kappa shape index (κ1) is 13.1. The Morgan fingerprint density at radius 2 is 2.22 bits per heavy atom. The average Bonchev–Trinajstić information content (AvgIpc) is 2.32. The van der Waals surface area contributed by atoms with Gasteiger partial charge in [-0.05, 0) is 43.9 Å². The summed E-state index contributed by atoms with van der Waals surface area (Å²) in [6, 6.07) is 7.90. The highest BCUT2D eigenvalue weighted by molar-refractivity contribution is 5.92. The van der Waals surface area contributed by atoms with Gasteiger partial charge in [0.25, 0.3) is 0 Å². The highest BCUT2D eigenvalue weighted by atomic mass is 16.2. The summed E-state index contributed by atoms with van der Waals surface area (Å²) >= 11 is 0. The Balaban J connectivity index is 1.87. The van der Waals surface area contributed by atoms with Crippen molar-refractivity contribution in [3.05, 3.63) is 29.8 Å². The molecule has 3 heteroatoms.